The molecule has 0 aliphatic rings. The van der Waals surface area contributed by atoms with Gasteiger partial charge in [-0.05, 0) is 25.1 Å². The van der Waals surface area contributed by atoms with Crippen molar-refractivity contribution in [1.82, 2.24) is 0 Å². The largest absolute Gasteiger partial charge is 0.372 e. The van der Waals surface area contributed by atoms with Crippen LogP contribution in [0.5, 0.6) is 0 Å². The van der Waals surface area contributed by atoms with E-state index < -0.39 is 5.82 Å². The summed E-state index contributed by atoms with van der Waals surface area (Å²) in [5.41, 5.74) is 0.632. The van der Waals surface area contributed by atoms with Crippen LogP contribution in [0.15, 0.2) is 18.2 Å². The van der Waals surface area contributed by atoms with Crippen molar-refractivity contribution in [3.05, 3.63) is 29.0 Å². The molecule has 0 saturated carbocycles. The van der Waals surface area contributed by atoms with Gasteiger partial charge in [-0.15, -0.1) is 6.42 Å². The van der Waals surface area contributed by atoms with Gasteiger partial charge in [0.05, 0.1) is 11.1 Å². The van der Waals surface area contributed by atoms with Crippen molar-refractivity contribution >= 4 is 17.3 Å². The minimum Gasteiger partial charge on any atom is -0.372 e. The quantitative estimate of drug-likeness (QED) is 0.719. The van der Waals surface area contributed by atoms with Crippen LogP contribution in [0.3, 0.4) is 0 Å². The van der Waals surface area contributed by atoms with Gasteiger partial charge < -0.3 is 5.32 Å². The van der Waals surface area contributed by atoms with Gasteiger partial charge in [-0.2, -0.15) is 0 Å². The highest BCUT2D eigenvalue weighted by molar-refractivity contribution is 6.30. The third kappa shape index (κ3) is 2.64. The second kappa shape index (κ2) is 4.15. The molecule has 0 saturated heterocycles. The molecule has 0 bridgehead atoms. The summed E-state index contributed by atoms with van der Waals surface area (Å²) in [5.74, 6) is 2.03. The van der Waals surface area contributed by atoms with Crippen LogP contribution in [-0.2, 0) is 0 Å². The van der Waals surface area contributed by atoms with Gasteiger partial charge in [0.2, 0.25) is 0 Å². The lowest BCUT2D eigenvalue weighted by molar-refractivity contribution is 0.628. The molecule has 1 aromatic rings. The fraction of sp³-hybridized carbons (Fsp3) is 0.200. The van der Waals surface area contributed by atoms with E-state index in [0.717, 1.165) is 0 Å². The number of hydrogen-bond acceptors (Lipinski definition) is 1. The minimum atomic E-state index is -0.448. The van der Waals surface area contributed by atoms with E-state index in [1.165, 1.54) is 12.1 Å². The van der Waals surface area contributed by atoms with Crippen molar-refractivity contribution in [2.45, 2.75) is 13.0 Å². The molecule has 0 fully saturated rings. The third-order valence-corrected chi connectivity index (χ3v) is 1.86. The number of rotatable bonds is 2. The number of nitrogens with one attached hydrogen (secondary N) is 1. The van der Waals surface area contributed by atoms with Crippen molar-refractivity contribution in [3.63, 3.8) is 0 Å². The first-order chi connectivity index (χ1) is 6.13. The van der Waals surface area contributed by atoms with Gasteiger partial charge in [-0.25, -0.2) is 4.39 Å². The Balaban J connectivity index is 2.81. The Morgan fingerprint density at radius 2 is 2.31 bits per heavy atom. The molecule has 0 aliphatic carbocycles. The summed E-state index contributed by atoms with van der Waals surface area (Å²) >= 11 is 5.51. The minimum absolute atomic E-state index is 0.110. The zero-order valence-electron chi connectivity index (χ0n) is 7.14. The highest BCUT2D eigenvalue weighted by atomic mass is 35.5. The second-order valence-electron chi connectivity index (χ2n) is 2.66. The standard InChI is InChI=1S/C10H9ClFN/c1-3-7(2)13-8-4-5-9(11)10(12)6-8/h1,4-7,13H,2H3. The van der Waals surface area contributed by atoms with Gasteiger partial charge in [0.1, 0.15) is 5.82 Å². The average molecular weight is 198 g/mol. The number of benzene rings is 1. The molecular formula is C10H9ClFN. The summed E-state index contributed by atoms with van der Waals surface area (Å²) < 4.78 is 12.9. The van der Waals surface area contributed by atoms with E-state index in [1.54, 1.807) is 6.07 Å². The molecule has 1 rings (SSSR count). The molecule has 0 amide bonds. The highest BCUT2D eigenvalue weighted by Gasteiger charge is 2.01. The lowest BCUT2D eigenvalue weighted by Gasteiger charge is -2.09. The number of anilines is 1. The van der Waals surface area contributed by atoms with Gasteiger partial charge in [0, 0.05) is 5.69 Å². The summed E-state index contributed by atoms with van der Waals surface area (Å²) in [7, 11) is 0. The predicted molar refractivity (Wildman–Crippen MR) is 53.3 cm³/mol. The zero-order valence-corrected chi connectivity index (χ0v) is 7.90. The Kier molecular flexibility index (Phi) is 3.16. The highest BCUT2D eigenvalue weighted by Crippen LogP contribution is 2.18. The molecule has 3 heteroatoms. The second-order valence-corrected chi connectivity index (χ2v) is 3.07. The Labute approximate surface area is 81.9 Å². The Bertz CT molecular complexity index is 343. The van der Waals surface area contributed by atoms with E-state index >= 15 is 0 Å². The van der Waals surface area contributed by atoms with Crippen LogP contribution >= 0.6 is 11.6 Å². The Morgan fingerprint density at radius 3 is 2.85 bits per heavy atom. The summed E-state index contributed by atoms with van der Waals surface area (Å²) in [6, 6.07) is 4.36. The maximum atomic E-state index is 12.9. The van der Waals surface area contributed by atoms with E-state index in [-0.39, 0.29) is 11.1 Å². The van der Waals surface area contributed by atoms with Crippen LogP contribution in [0.25, 0.3) is 0 Å². The third-order valence-electron chi connectivity index (χ3n) is 1.55. The molecule has 1 N–H and O–H groups in total. The monoisotopic (exact) mass is 197 g/mol. The van der Waals surface area contributed by atoms with E-state index in [0.29, 0.717) is 5.69 Å². The van der Waals surface area contributed by atoms with Crippen LogP contribution < -0.4 is 5.32 Å². The van der Waals surface area contributed by atoms with Crippen molar-refractivity contribution in [2.24, 2.45) is 0 Å². The van der Waals surface area contributed by atoms with Gasteiger partial charge >= 0.3 is 0 Å². The van der Waals surface area contributed by atoms with E-state index in [1.807, 2.05) is 6.92 Å². The molecular weight excluding hydrogens is 189 g/mol. The molecule has 1 nitrogen and oxygen atoms in total. The first-order valence-electron chi connectivity index (χ1n) is 3.81. The molecule has 0 heterocycles. The van der Waals surface area contributed by atoms with Crippen molar-refractivity contribution < 1.29 is 4.39 Å². The fourth-order valence-electron chi connectivity index (χ4n) is 0.878. The van der Waals surface area contributed by atoms with Crippen LogP contribution in [0.2, 0.25) is 5.02 Å². The van der Waals surface area contributed by atoms with Gasteiger partial charge in [-0.1, -0.05) is 17.5 Å². The molecule has 13 heavy (non-hydrogen) atoms. The van der Waals surface area contributed by atoms with Gasteiger partial charge in [-0.3, -0.25) is 0 Å². The summed E-state index contributed by atoms with van der Waals surface area (Å²) in [4.78, 5) is 0. The summed E-state index contributed by atoms with van der Waals surface area (Å²) in [5, 5.41) is 3.03. The van der Waals surface area contributed by atoms with E-state index in [2.05, 4.69) is 11.2 Å². The molecule has 1 aromatic carbocycles. The Morgan fingerprint density at radius 1 is 1.62 bits per heavy atom. The van der Waals surface area contributed by atoms with Gasteiger partial charge in [0.15, 0.2) is 0 Å². The van der Waals surface area contributed by atoms with Crippen LogP contribution in [0.4, 0.5) is 10.1 Å². The SMILES string of the molecule is C#CC(C)Nc1ccc(Cl)c(F)c1. The fourth-order valence-corrected chi connectivity index (χ4v) is 0.995. The molecule has 0 aromatic heterocycles. The normalized spacial score (nSPS) is 11.8. The van der Waals surface area contributed by atoms with Crippen LogP contribution in [0, 0.1) is 18.2 Å². The maximum Gasteiger partial charge on any atom is 0.143 e. The molecule has 68 valence electrons. The predicted octanol–water partition coefficient (Wildman–Crippen LogP) is 2.91. The summed E-state index contributed by atoms with van der Waals surface area (Å²) in [6.07, 6.45) is 5.16. The molecule has 0 aliphatic heterocycles. The number of terminal acetylenes is 1. The van der Waals surface area contributed by atoms with Crippen LogP contribution in [0.1, 0.15) is 6.92 Å². The lowest BCUT2D eigenvalue weighted by atomic mass is 10.2. The smallest absolute Gasteiger partial charge is 0.143 e. The van der Waals surface area contributed by atoms with E-state index in [9.17, 15) is 4.39 Å². The summed E-state index contributed by atoms with van der Waals surface area (Å²) in [6.45, 7) is 1.81. The number of halogens is 2. The van der Waals surface area contributed by atoms with Crippen molar-refractivity contribution in [3.8, 4) is 12.3 Å². The van der Waals surface area contributed by atoms with E-state index in [4.69, 9.17) is 18.0 Å². The topological polar surface area (TPSA) is 12.0 Å². The van der Waals surface area contributed by atoms with Crippen LogP contribution in [-0.4, -0.2) is 6.04 Å². The molecule has 1 unspecified atom stereocenters. The van der Waals surface area contributed by atoms with Crippen molar-refractivity contribution in [2.75, 3.05) is 5.32 Å². The number of hydrogen-bond donors (Lipinski definition) is 1. The lowest BCUT2D eigenvalue weighted by Crippen LogP contribution is -2.11. The maximum absolute atomic E-state index is 12.9. The van der Waals surface area contributed by atoms with Crippen molar-refractivity contribution in [1.29, 1.82) is 0 Å². The average Bonchev–Trinajstić information content (AvgIpc) is 2.11. The van der Waals surface area contributed by atoms with Gasteiger partial charge in [0.25, 0.3) is 0 Å². The molecule has 0 spiro atoms. The molecule has 1 atom stereocenters. The molecule has 0 radical (unpaired) electrons. The first kappa shape index (κ1) is 9.88. The first-order valence-corrected chi connectivity index (χ1v) is 4.19. The zero-order chi connectivity index (χ0) is 9.84. The Hall–Kier alpha value is -1.20.